The van der Waals surface area contributed by atoms with Gasteiger partial charge in [-0.25, -0.2) is 4.98 Å². The van der Waals surface area contributed by atoms with Gasteiger partial charge in [-0.1, -0.05) is 42.5 Å². The molecule has 0 aliphatic heterocycles. The second-order valence-electron chi connectivity index (χ2n) is 6.10. The number of nitrogens with zero attached hydrogens (tertiary/aromatic N) is 2. The van der Waals surface area contributed by atoms with Crippen LogP contribution in [-0.4, -0.2) is 20.2 Å². The summed E-state index contributed by atoms with van der Waals surface area (Å²) in [4.78, 5) is 8.13. The molecule has 0 amide bonds. The number of rotatable bonds is 3. The average molecular weight is 300 g/mol. The fraction of sp³-hybridized carbons (Fsp3) is 0.158. The zero-order valence-corrected chi connectivity index (χ0v) is 12.6. The van der Waals surface area contributed by atoms with E-state index in [1.807, 2.05) is 30.3 Å². The number of H-pyrrole nitrogens is 2. The van der Waals surface area contributed by atoms with Crippen molar-refractivity contribution in [2.75, 3.05) is 0 Å². The van der Waals surface area contributed by atoms with E-state index in [1.165, 1.54) is 29.7 Å². The maximum atomic E-state index is 4.72. The Bertz CT molecular complexity index is 944. The minimum absolute atomic E-state index is 0.607. The number of aromatic nitrogens is 4. The fourth-order valence-corrected chi connectivity index (χ4v) is 3.16. The van der Waals surface area contributed by atoms with Crippen LogP contribution >= 0.6 is 0 Å². The molecule has 1 saturated carbocycles. The Balaban J connectivity index is 1.73. The van der Waals surface area contributed by atoms with Crippen molar-refractivity contribution < 1.29 is 0 Å². The lowest BCUT2D eigenvalue weighted by molar-refractivity contribution is 0.966. The number of benzene rings is 2. The van der Waals surface area contributed by atoms with Gasteiger partial charge in [0.1, 0.15) is 5.69 Å². The third kappa shape index (κ3) is 2.06. The molecular formula is C19H16N4. The Morgan fingerprint density at radius 2 is 1.70 bits per heavy atom. The van der Waals surface area contributed by atoms with Gasteiger partial charge in [0.2, 0.25) is 0 Å². The van der Waals surface area contributed by atoms with Crippen LogP contribution in [0.25, 0.3) is 33.7 Å². The van der Waals surface area contributed by atoms with Gasteiger partial charge in [-0.2, -0.15) is 5.10 Å². The summed E-state index contributed by atoms with van der Waals surface area (Å²) >= 11 is 0. The molecule has 0 spiro atoms. The number of aromatic amines is 2. The number of hydrogen-bond donors (Lipinski definition) is 2. The highest BCUT2D eigenvalue weighted by atomic mass is 15.1. The Hall–Kier alpha value is -2.88. The smallest absolute Gasteiger partial charge is 0.159 e. The predicted octanol–water partition coefficient (Wildman–Crippen LogP) is 4.50. The molecule has 2 aromatic heterocycles. The molecule has 1 aliphatic carbocycles. The standard InChI is InChI=1S/C19H16N4/c1-2-6-12(7-3-1)16-17(13-10-11-13)22-23-18(16)19-20-14-8-4-5-9-15(14)21-19/h1-9,13H,10-11H2,(H,20,21)(H,22,23). The minimum Gasteiger partial charge on any atom is -0.337 e. The number of fused-ring (bicyclic) bond motifs is 1. The summed E-state index contributed by atoms with van der Waals surface area (Å²) in [6.45, 7) is 0. The summed E-state index contributed by atoms with van der Waals surface area (Å²) in [5, 5.41) is 7.87. The molecule has 5 rings (SSSR count). The Kier molecular flexibility index (Phi) is 2.65. The predicted molar refractivity (Wildman–Crippen MR) is 91.1 cm³/mol. The summed E-state index contributed by atoms with van der Waals surface area (Å²) < 4.78 is 0. The number of para-hydroxylation sites is 2. The highest BCUT2D eigenvalue weighted by Gasteiger charge is 2.31. The Morgan fingerprint density at radius 3 is 2.48 bits per heavy atom. The molecule has 0 saturated heterocycles. The molecule has 112 valence electrons. The van der Waals surface area contributed by atoms with E-state index in [-0.39, 0.29) is 0 Å². The van der Waals surface area contributed by atoms with Gasteiger partial charge >= 0.3 is 0 Å². The minimum atomic E-state index is 0.607. The third-order valence-corrected chi connectivity index (χ3v) is 4.46. The summed E-state index contributed by atoms with van der Waals surface area (Å²) in [7, 11) is 0. The maximum Gasteiger partial charge on any atom is 0.159 e. The van der Waals surface area contributed by atoms with Crippen LogP contribution < -0.4 is 0 Å². The van der Waals surface area contributed by atoms with Gasteiger partial charge in [0.05, 0.1) is 11.0 Å². The van der Waals surface area contributed by atoms with Crippen LogP contribution in [0.1, 0.15) is 24.5 Å². The van der Waals surface area contributed by atoms with Crippen LogP contribution in [0, 0.1) is 0 Å². The molecule has 0 unspecified atom stereocenters. The van der Waals surface area contributed by atoms with E-state index in [0.717, 1.165) is 22.6 Å². The van der Waals surface area contributed by atoms with Gasteiger partial charge in [0.25, 0.3) is 0 Å². The highest BCUT2D eigenvalue weighted by molar-refractivity contribution is 5.85. The van der Waals surface area contributed by atoms with Gasteiger partial charge < -0.3 is 4.98 Å². The summed E-state index contributed by atoms with van der Waals surface area (Å²) in [6, 6.07) is 18.6. The molecule has 4 aromatic rings. The van der Waals surface area contributed by atoms with Crippen LogP contribution in [0.2, 0.25) is 0 Å². The molecule has 0 radical (unpaired) electrons. The van der Waals surface area contributed by atoms with Crippen LogP contribution in [0.3, 0.4) is 0 Å². The molecule has 2 heterocycles. The van der Waals surface area contributed by atoms with Crippen LogP contribution in [0.15, 0.2) is 54.6 Å². The first kappa shape index (κ1) is 12.6. The first-order chi connectivity index (χ1) is 11.4. The first-order valence-electron chi connectivity index (χ1n) is 7.99. The molecule has 4 heteroatoms. The molecule has 0 atom stereocenters. The van der Waals surface area contributed by atoms with E-state index >= 15 is 0 Å². The fourth-order valence-electron chi connectivity index (χ4n) is 3.16. The molecule has 1 fully saturated rings. The molecule has 2 aromatic carbocycles. The molecule has 23 heavy (non-hydrogen) atoms. The van der Waals surface area contributed by atoms with Gasteiger partial charge in [-0.05, 0) is 30.5 Å². The SMILES string of the molecule is c1ccc(-c2c(-c3nc4ccccc4[nH]3)n[nH]c2C2CC2)cc1. The number of hydrogen-bond acceptors (Lipinski definition) is 2. The van der Waals surface area contributed by atoms with Crippen molar-refractivity contribution >= 4 is 11.0 Å². The van der Waals surface area contributed by atoms with Crippen molar-refractivity contribution in [2.45, 2.75) is 18.8 Å². The van der Waals surface area contributed by atoms with Crippen molar-refractivity contribution in [3.8, 4) is 22.6 Å². The van der Waals surface area contributed by atoms with E-state index in [4.69, 9.17) is 4.98 Å². The van der Waals surface area contributed by atoms with Crippen LogP contribution in [0.5, 0.6) is 0 Å². The van der Waals surface area contributed by atoms with E-state index in [9.17, 15) is 0 Å². The molecular weight excluding hydrogens is 284 g/mol. The zero-order chi connectivity index (χ0) is 15.2. The maximum absolute atomic E-state index is 4.72. The summed E-state index contributed by atoms with van der Waals surface area (Å²) in [6.07, 6.45) is 2.48. The van der Waals surface area contributed by atoms with Gasteiger partial charge in [-0.15, -0.1) is 0 Å². The van der Waals surface area contributed by atoms with E-state index in [2.05, 4.69) is 39.4 Å². The zero-order valence-electron chi connectivity index (χ0n) is 12.6. The van der Waals surface area contributed by atoms with E-state index in [0.29, 0.717) is 5.92 Å². The van der Waals surface area contributed by atoms with Crippen molar-refractivity contribution in [1.29, 1.82) is 0 Å². The summed E-state index contributed by atoms with van der Waals surface area (Å²) in [5.41, 5.74) is 6.54. The lowest BCUT2D eigenvalue weighted by atomic mass is 10.0. The van der Waals surface area contributed by atoms with Crippen molar-refractivity contribution in [3.05, 3.63) is 60.3 Å². The molecule has 4 nitrogen and oxygen atoms in total. The normalized spacial score (nSPS) is 14.4. The molecule has 1 aliphatic rings. The van der Waals surface area contributed by atoms with Crippen molar-refractivity contribution in [1.82, 2.24) is 20.2 Å². The highest BCUT2D eigenvalue weighted by Crippen LogP contribution is 2.46. The average Bonchev–Trinajstić information content (AvgIpc) is 3.20. The summed E-state index contributed by atoms with van der Waals surface area (Å²) in [5.74, 6) is 1.43. The first-order valence-corrected chi connectivity index (χ1v) is 7.99. The molecule has 2 N–H and O–H groups in total. The Morgan fingerprint density at radius 1 is 0.913 bits per heavy atom. The number of imidazole rings is 1. The van der Waals surface area contributed by atoms with E-state index in [1.54, 1.807) is 0 Å². The Labute approximate surface area is 133 Å². The quantitative estimate of drug-likeness (QED) is 0.585. The lowest BCUT2D eigenvalue weighted by Crippen LogP contribution is -1.87. The monoisotopic (exact) mass is 300 g/mol. The second kappa shape index (κ2) is 4.81. The van der Waals surface area contributed by atoms with Crippen LogP contribution in [-0.2, 0) is 0 Å². The van der Waals surface area contributed by atoms with Crippen LogP contribution in [0.4, 0.5) is 0 Å². The molecule has 0 bridgehead atoms. The topological polar surface area (TPSA) is 57.4 Å². The van der Waals surface area contributed by atoms with Gasteiger partial charge in [0, 0.05) is 17.2 Å². The van der Waals surface area contributed by atoms with Gasteiger partial charge in [0.15, 0.2) is 5.82 Å². The largest absolute Gasteiger partial charge is 0.337 e. The van der Waals surface area contributed by atoms with Crippen molar-refractivity contribution in [2.24, 2.45) is 0 Å². The number of nitrogens with one attached hydrogen (secondary N) is 2. The van der Waals surface area contributed by atoms with Gasteiger partial charge in [-0.3, -0.25) is 5.10 Å². The lowest BCUT2D eigenvalue weighted by Gasteiger charge is -2.04. The second-order valence-corrected chi connectivity index (χ2v) is 6.10. The van der Waals surface area contributed by atoms with Crippen molar-refractivity contribution in [3.63, 3.8) is 0 Å². The third-order valence-electron chi connectivity index (χ3n) is 4.46. The van der Waals surface area contributed by atoms with E-state index < -0.39 is 0 Å².